The summed E-state index contributed by atoms with van der Waals surface area (Å²) in [4.78, 5) is 4.02. The predicted octanol–water partition coefficient (Wildman–Crippen LogP) is 3.45. The number of fused-ring (bicyclic) bond motifs is 1. The summed E-state index contributed by atoms with van der Waals surface area (Å²) in [5.41, 5.74) is 5.41. The van der Waals surface area contributed by atoms with Crippen molar-refractivity contribution in [3.05, 3.63) is 23.8 Å². The van der Waals surface area contributed by atoms with Gasteiger partial charge in [0.25, 0.3) is 0 Å². The van der Waals surface area contributed by atoms with Gasteiger partial charge in [-0.2, -0.15) is 13.2 Å². The van der Waals surface area contributed by atoms with Crippen molar-refractivity contribution in [1.29, 1.82) is 0 Å². The van der Waals surface area contributed by atoms with Gasteiger partial charge in [-0.15, -0.1) is 0 Å². The summed E-state index contributed by atoms with van der Waals surface area (Å²) in [5, 5.41) is 0. The summed E-state index contributed by atoms with van der Waals surface area (Å²) in [6.07, 6.45) is -4.39. The summed E-state index contributed by atoms with van der Waals surface area (Å²) >= 11 is 0. The Morgan fingerprint density at radius 2 is 1.95 bits per heavy atom. The third-order valence-corrected chi connectivity index (χ3v) is 3.18. The molecule has 1 aromatic heterocycles. The van der Waals surface area contributed by atoms with Gasteiger partial charge < -0.3 is 15.0 Å². The van der Waals surface area contributed by atoms with E-state index in [9.17, 15) is 13.2 Å². The van der Waals surface area contributed by atoms with E-state index in [0.717, 1.165) is 12.1 Å². The molecule has 0 aliphatic rings. The van der Waals surface area contributed by atoms with Gasteiger partial charge in [0, 0.05) is 6.61 Å². The number of anilines is 1. The van der Waals surface area contributed by atoms with Crippen LogP contribution in [0.15, 0.2) is 18.2 Å². The molecule has 0 radical (unpaired) electrons. The monoisotopic (exact) mass is 301 g/mol. The summed E-state index contributed by atoms with van der Waals surface area (Å²) < 4.78 is 45.4. The summed E-state index contributed by atoms with van der Waals surface area (Å²) in [7, 11) is 0. The number of hydrogen-bond donors (Lipinski definition) is 1. The zero-order chi connectivity index (χ0) is 15.8. The lowest BCUT2D eigenvalue weighted by Gasteiger charge is -2.25. The van der Waals surface area contributed by atoms with Gasteiger partial charge in [-0.3, -0.25) is 0 Å². The Hall–Kier alpha value is -1.76. The number of halogens is 3. The minimum Gasteiger partial charge on any atom is -0.374 e. The molecule has 0 aliphatic heterocycles. The standard InChI is InChI=1S/C14H18F3N3O/c1-4-21-13(2,3)8-20-11-6-5-9(14(15,16)17)7-10(11)19-12(20)18/h5-7H,4,8H2,1-3H3,(H2,18,19). The number of alkyl halides is 3. The smallest absolute Gasteiger partial charge is 0.374 e. The molecular weight excluding hydrogens is 283 g/mol. The molecule has 0 fully saturated rings. The average Bonchev–Trinajstić information content (AvgIpc) is 2.63. The minimum atomic E-state index is -4.39. The molecule has 1 heterocycles. The van der Waals surface area contributed by atoms with Crippen molar-refractivity contribution in [2.75, 3.05) is 12.3 Å². The first-order chi connectivity index (χ1) is 9.64. The fraction of sp³-hybridized carbons (Fsp3) is 0.500. The third-order valence-electron chi connectivity index (χ3n) is 3.18. The van der Waals surface area contributed by atoms with Crippen molar-refractivity contribution in [3.63, 3.8) is 0 Å². The highest BCUT2D eigenvalue weighted by Gasteiger charge is 2.31. The molecule has 4 nitrogen and oxygen atoms in total. The van der Waals surface area contributed by atoms with Crippen molar-refractivity contribution < 1.29 is 17.9 Å². The molecule has 7 heteroatoms. The fourth-order valence-corrected chi connectivity index (χ4v) is 2.31. The van der Waals surface area contributed by atoms with Crippen molar-refractivity contribution in [2.24, 2.45) is 0 Å². The number of nitrogens with two attached hydrogens (primary N) is 1. The van der Waals surface area contributed by atoms with Gasteiger partial charge in [0.05, 0.1) is 28.7 Å². The Balaban J connectivity index is 2.44. The highest BCUT2D eigenvalue weighted by atomic mass is 19.4. The van der Waals surface area contributed by atoms with Crippen LogP contribution >= 0.6 is 0 Å². The third kappa shape index (κ3) is 3.29. The van der Waals surface area contributed by atoms with Gasteiger partial charge >= 0.3 is 6.18 Å². The van der Waals surface area contributed by atoms with Crippen LogP contribution in [0.4, 0.5) is 19.1 Å². The van der Waals surface area contributed by atoms with Crippen LogP contribution in [0.5, 0.6) is 0 Å². The first-order valence-corrected chi connectivity index (χ1v) is 6.61. The van der Waals surface area contributed by atoms with E-state index >= 15 is 0 Å². The van der Waals surface area contributed by atoms with Gasteiger partial charge in [0.2, 0.25) is 5.95 Å². The van der Waals surface area contributed by atoms with Gasteiger partial charge in [-0.25, -0.2) is 4.98 Å². The largest absolute Gasteiger partial charge is 0.416 e. The summed E-state index contributed by atoms with van der Waals surface area (Å²) in [6, 6.07) is 3.44. The van der Waals surface area contributed by atoms with Crippen molar-refractivity contribution in [3.8, 4) is 0 Å². The van der Waals surface area contributed by atoms with E-state index in [1.54, 1.807) is 4.57 Å². The van der Waals surface area contributed by atoms with Crippen LogP contribution in [0.1, 0.15) is 26.3 Å². The molecular formula is C14H18F3N3O. The van der Waals surface area contributed by atoms with E-state index in [4.69, 9.17) is 10.5 Å². The molecule has 0 saturated heterocycles. The molecule has 0 spiro atoms. The molecule has 2 rings (SSSR count). The fourth-order valence-electron chi connectivity index (χ4n) is 2.31. The molecule has 0 atom stereocenters. The number of nitrogens with zero attached hydrogens (tertiary/aromatic N) is 2. The second-order valence-corrected chi connectivity index (χ2v) is 5.45. The molecule has 1 aromatic carbocycles. The molecule has 2 N–H and O–H groups in total. The van der Waals surface area contributed by atoms with E-state index in [1.165, 1.54) is 6.07 Å². The lowest BCUT2D eigenvalue weighted by molar-refractivity contribution is -0.137. The van der Waals surface area contributed by atoms with Crippen LogP contribution in [0.2, 0.25) is 0 Å². The number of aromatic nitrogens is 2. The topological polar surface area (TPSA) is 53.1 Å². The Morgan fingerprint density at radius 3 is 2.52 bits per heavy atom. The maximum atomic E-state index is 12.7. The van der Waals surface area contributed by atoms with Crippen molar-refractivity contribution >= 4 is 17.0 Å². The summed E-state index contributed by atoms with van der Waals surface area (Å²) in [5.74, 6) is 0.178. The number of nitrogen functional groups attached to an aromatic ring is 1. The molecule has 2 aromatic rings. The second-order valence-electron chi connectivity index (χ2n) is 5.45. The zero-order valence-corrected chi connectivity index (χ0v) is 12.2. The maximum Gasteiger partial charge on any atom is 0.416 e. The Bertz CT molecular complexity index is 647. The molecule has 0 saturated carbocycles. The first kappa shape index (κ1) is 15.6. The number of rotatable bonds is 4. The van der Waals surface area contributed by atoms with Crippen molar-refractivity contribution in [1.82, 2.24) is 9.55 Å². The second kappa shape index (κ2) is 5.22. The number of ether oxygens (including phenoxy) is 1. The van der Waals surface area contributed by atoms with Crippen LogP contribution in [-0.4, -0.2) is 21.8 Å². The molecule has 0 unspecified atom stereocenters. The SMILES string of the molecule is CCOC(C)(C)Cn1c(N)nc2cc(C(F)(F)F)ccc21. The molecule has 21 heavy (non-hydrogen) atoms. The van der Waals surface area contributed by atoms with Gasteiger partial charge in [-0.1, -0.05) is 0 Å². The van der Waals surface area contributed by atoms with Gasteiger partial charge in [0.1, 0.15) is 0 Å². The van der Waals surface area contributed by atoms with Crippen LogP contribution in [0, 0.1) is 0 Å². The number of imidazole rings is 1. The molecule has 0 aliphatic carbocycles. The molecule has 0 amide bonds. The van der Waals surface area contributed by atoms with E-state index in [1.807, 2.05) is 20.8 Å². The van der Waals surface area contributed by atoms with Gasteiger partial charge in [-0.05, 0) is 39.0 Å². The Morgan fingerprint density at radius 1 is 1.29 bits per heavy atom. The first-order valence-electron chi connectivity index (χ1n) is 6.61. The number of benzene rings is 1. The molecule has 0 bridgehead atoms. The van der Waals surface area contributed by atoms with E-state index in [0.29, 0.717) is 18.7 Å². The average molecular weight is 301 g/mol. The lowest BCUT2D eigenvalue weighted by atomic mass is 10.1. The zero-order valence-electron chi connectivity index (χ0n) is 12.2. The van der Waals surface area contributed by atoms with E-state index in [2.05, 4.69) is 4.98 Å². The van der Waals surface area contributed by atoms with Crippen LogP contribution in [0.3, 0.4) is 0 Å². The van der Waals surface area contributed by atoms with Crippen molar-refractivity contribution in [2.45, 2.75) is 39.1 Å². The number of hydrogen-bond acceptors (Lipinski definition) is 3. The van der Waals surface area contributed by atoms with E-state index < -0.39 is 17.3 Å². The lowest BCUT2D eigenvalue weighted by Crippen LogP contribution is -2.31. The highest BCUT2D eigenvalue weighted by molar-refractivity contribution is 5.79. The van der Waals surface area contributed by atoms with Gasteiger partial charge in [0.15, 0.2) is 0 Å². The minimum absolute atomic E-state index is 0.178. The maximum absolute atomic E-state index is 12.7. The van der Waals surface area contributed by atoms with Crippen LogP contribution in [0.25, 0.3) is 11.0 Å². The normalized spacial score (nSPS) is 13.0. The summed E-state index contributed by atoms with van der Waals surface area (Å²) in [6.45, 7) is 6.62. The highest BCUT2D eigenvalue weighted by Crippen LogP contribution is 2.32. The quantitative estimate of drug-likeness (QED) is 0.941. The molecule has 116 valence electrons. The Kier molecular flexibility index (Phi) is 3.88. The predicted molar refractivity (Wildman–Crippen MR) is 74.9 cm³/mol. The Labute approximate surface area is 120 Å². The van der Waals surface area contributed by atoms with Crippen LogP contribution < -0.4 is 5.73 Å². The van der Waals surface area contributed by atoms with Crippen LogP contribution in [-0.2, 0) is 17.5 Å². The van der Waals surface area contributed by atoms with E-state index in [-0.39, 0.29) is 11.5 Å².